The summed E-state index contributed by atoms with van der Waals surface area (Å²) in [7, 11) is 3.57. The highest BCUT2D eigenvalue weighted by molar-refractivity contribution is 5.77. The number of nitrogens with one attached hydrogen (secondary N) is 1. The van der Waals surface area contributed by atoms with E-state index in [1.54, 1.807) is 24.7 Å². The van der Waals surface area contributed by atoms with Gasteiger partial charge < -0.3 is 15.0 Å². The first kappa shape index (κ1) is 11.0. The van der Waals surface area contributed by atoms with E-state index in [0.29, 0.717) is 17.6 Å². The Morgan fingerprint density at radius 2 is 2.31 bits per heavy atom. The molecule has 0 bridgehead atoms. The molecular formula is C11H14FN3O. The van der Waals surface area contributed by atoms with Crippen molar-refractivity contribution in [2.45, 2.75) is 6.10 Å². The lowest BCUT2D eigenvalue weighted by Gasteiger charge is -2.10. The van der Waals surface area contributed by atoms with Crippen LogP contribution in [0.3, 0.4) is 0 Å². The zero-order valence-corrected chi connectivity index (χ0v) is 9.24. The molecule has 0 radical (unpaired) electrons. The van der Waals surface area contributed by atoms with E-state index in [0.717, 1.165) is 5.69 Å². The highest BCUT2D eigenvalue weighted by atomic mass is 19.1. The first-order valence-electron chi connectivity index (χ1n) is 5.07. The van der Waals surface area contributed by atoms with Gasteiger partial charge in [-0.1, -0.05) is 0 Å². The topological polar surface area (TPSA) is 50.1 Å². The van der Waals surface area contributed by atoms with Crippen molar-refractivity contribution in [3.8, 4) is 0 Å². The van der Waals surface area contributed by atoms with E-state index in [9.17, 15) is 9.50 Å². The minimum absolute atomic E-state index is 0.368. The van der Waals surface area contributed by atoms with E-state index in [4.69, 9.17) is 0 Å². The molecule has 1 atom stereocenters. The predicted molar refractivity (Wildman–Crippen MR) is 59.6 cm³/mol. The quantitative estimate of drug-likeness (QED) is 0.815. The predicted octanol–water partition coefficient (Wildman–Crippen LogP) is 0.965. The van der Waals surface area contributed by atoms with Gasteiger partial charge in [-0.25, -0.2) is 9.37 Å². The van der Waals surface area contributed by atoms with Gasteiger partial charge in [-0.2, -0.15) is 0 Å². The molecule has 4 nitrogen and oxygen atoms in total. The van der Waals surface area contributed by atoms with E-state index in [2.05, 4.69) is 10.3 Å². The van der Waals surface area contributed by atoms with E-state index >= 15 is 0 Å². The molecule has 16 heavy (non-hydrogen) atoms. The maximum Gasteiger partial charge on any atom is 0.142 e. The van der Waals surface area contributed by atoms with Crippen molar-refractivity contribution in [1.29, 1.82) is 0 Å². The Bertz CT molecular complexity index is 509. The summed E-state index contributed by atoms with van der Waals surface area (Å²) < 4.78 is 14.8. The highest BCUT2D eigenvalue weighted by Gasteiger charge is 2.14. The number of halogens is 1. The van der Waals surface area contributed by atoms with Gasteiger partial charge in [0.2, 0.25) is 0 Å². The molecule has 0 aliphatic carbocycles. The van der Waals surface area contributed by atoms with Crippen LogP contribution < -0.4 is 5.32 Å². The van der Waals surface area contributed by atoms with Crippen LogP contribution >= 0.6 is 0 Å². The second-order valence-electron chi connectivity index (χ2n) is 3.77. The Labute approximate surface area is 92.7 Å². The fraction of sp³-hybridized carbons (Fsp3) is 0.364. The fourth-order valence-electron chi connectivity index (χ4n) is 1.83. The Morgan fingerprint density at radius 3 is 3.00 bits per heavy atom. The van der Waals surface area contributed by atoms with Gasteiger partial charge in [0.25, 0.3) is 0 Å². The molecule has 0 aliphatic heterocycles. The average molecular weight is 223 g/mol. The van der Waals surface area contributed by atoms with Gasteiger partial charge >= 0.3 is 0 Å². The summed E-state index contributed by atoms with van der Waals surface area (Å²) in [6.07, 6.45) is 0.559. The number of nitrogens with zero attached hydrogens (tertiary/aromatic N) is 2. The summed E-state index contributed by atoms with van der Waals surface area (Å²) in [6, 6.07) is 3.17. The maximum absolute atomic E-state index is 13.0. The number of fused-ring (bicyclic) bond motifs is 1. The van der Waals surface area contributed by atoms with Crippen molar-refractivity contribution in [2.75, 3.05) is 13.6 Å². The van der Waals surface area contributed by atoms with Gasteiger partial charge in [0.05, 0.1) is 6.20 Å². The summed E-state index contributed by atoms with van der Waals surface area (Å²) in [5, 5.41) is 13.5. The van der Waals surface area contributed by atoms with Crippen molar-refractivity contribution in [3.05, 3.63) is 29.8 Å². The van der Waals surface area contributed by atoms with E-state index in [-0.39, 0.29) is 5.82 Å². The molecule has 0 saturated carbocycles. The maximum atomic E-state index is 13.0. The van der Waals surface area contributed by atoms with E-state index < -0.39 is 6.10 Å². The number of likely N-dealkylation sites (N-methyl/N-ethyl adjacent to an activating group) is 1. The Balaban J connectivity index is 2.51. The lowest BCUT2D eigenvalue weighted by molar-refractivity contribution is 0.170. The molecule has 0 saturated heterocycles. The molecule has 1 unspecified atom stereocenters. The van der Waals surface area contributed by atoms with E-state index in [1.807, 2.05) is 0 Å². The molecule has 2 N–H and O–H groups in total. The number of hydrogen-bond acceptors (Lipinski definition) is 3. The average Bonchev–Trinajstić information content (AvgIpc) is 2.56. The second-order valence-corrected chi connectivity index (χ2v) is 3.77. The monoisotopic (exact) mass is 223 g/mol. The standard InChI is InChI=1S/C11H14FN3O/c1-13-6-10(16)9-4-7-3-8(12)5-14-11(7)15(9)2/h3-5,10,13,16H,6H2,1-2H3. The number of aliphatic hydroxyl groups is 1. The lowest BCUT2D eigenvalue weighted by Crippen LogP contribution is -2.18. The Kier molecular flexibility index (Phi) is 2.89. The van der Waals surface area contributed by atoms with Gasteiger partial charge in [0.15, 0.2) is 0 Å². The molecule has 0 spiro atoms. The van der Waals surface area contributed by atoms with Crippen molar-refractivity contribution < 1.29 is 9.50 Å². The number of aromatic nitrogens is 2. The highest BCUT2D eigenvalue weighted by Crippen LogP contribution is 2.22. The number of aliphatic hydroxyl groups excluding tert-OH is 1. The van der Waals surface area contributed by atoms with Crippen LogP contribution in [0.25, 0.3) is 11.0 Å². The third-order valence-electron chi connectivity index (χ3n) is 2.61. The van der Waals surface area contributed by atoms with Gasteiger partial charge in [-0.3, -0.25) is 0 Å². The van der Waals surface area contributed by atoms with Gasteiger partial charge in [0.1, 0.15) is 17.6 Å². The molecule has 0 aromatic carbocycles. The van der Waals surface area contributed by atoms with Gasteiger partial charge in [0, 0.05) is 24.7 Å². The minimum Gasteiger partial charge on any atom is -0.386 e. The Morgan fingerprint density at radius 1 is 1.56 bits per heavy atom. The number of pyridine rings is 1. The molecule has 0 aliphatic rings. The van der Waals surface area contributed by atoms with Crippen molar-refractivity contribution in [3.63, 3.8) is 0 Å². The van der Waals surface area contributed by atoms with Gasteiger partial charge in [-0.15, -0.1) is 0 Å². The summed E-state index contributed by atoms with van der Waals surface area (Å²) in [5.74, 6) is -0.368. The first-order valence-corrected chi connectivity index (χ1v) is 5.07. The third-order valence-corrected chi connectivity index (χ3v) is 2.61. The van der Waals surface area contributed by atoms with Crippen LogP contribution in [0.5, 0.6) is 0 Å². The minimum atomic E-state index is -0.618. The van der Waals surface area contributed by atoms with Crippen molar-refractivity contribution in [1.82, 2.24) is 14.9 Å². The molecule has 2 aromatic rings. The van der Waals surface area contributed by atoms with Crippen molar-refractivity contribution >= 4 is 11.0 Å². The van der Waals surface area contributed by atoms with Crippen LogP contribution in [0.15, 0.2) is 18.3 Å². The number of aryl methyl sites for hydroxylation is 1. The summed E-state index contributed by atoms with van der Waals surface area (Å²) >= 11 is 0. The molecule has 2 rings (SSSR count). The second kappa shape index (κ2) is 4.19. The summed E-state index contributed by atoms with van der Waals surface area (Å²) in [5.41, 5.74) is 1.40. The van der Waals surface area contributed by atoms with Crippen LogP contribution in [0.2, 0.25) is 0 Å². The molecular weight excluding hydrogens is 209 g/mol. The van der Waals surface area contributed by atoms with Crippen LogP contribution in [0, 0.1) is 5.82 Å². The zero-order valence-electron chi connectivity index (χ0n) is 9.24. The number of hydrogen-bond donors (Lipinski definition) is 2. The molecule has 0 fully saturated rings. The molecule has 2 heterocycles. The molecule has 0 amide bonds. The third kappa shape index (κ3) is 1.79. The molecule has 2 aromatic heterocycles. The van der Waals surface area contributed by atoms with Crippen LogP contribution in [-0.2, 0) is 7.05 Å². The van der Waals surface area contributed by atoms with Gasteiger partial charge in [-0.05, 0) is 19.2 Å². The van der Waals surface area contributed by atoms with E-state index in [1.165, 1.54) is 12.3 Å². The lowest BCUT2D eigenvalue weighted by atomic mass is 10.2. The fourth-order valence-corrected chi connectivity index (χ4v) is 1.83. The van der Waals surface area contributed by atoms with Crippen LogP contribution in [0.4, 0.5) is 4.39 Å². The molecule has 86 valence electrons. The van der Waals surface area contributed by atoms with Crippen molar-refractivity contribution in [2.24, 2.45) is 7.05 Å². The number of rotatable bonds is 3. The summed E-state index contributed by atoms with van der Waals surface area (Å²) in [4.78, 5) is 4.00. The smallest absolute Gasteiger partial charge is 0.142 e. The summed E-state index contributed by atoms with van der Waals surface area (Å²) in [6.45, 7) is 0.451. The Hall–Kier alpha value is -1.46. The normalized spacial score (nSPS) is 13.2. The SMILES string of the molecule is CNCC(O)c1cc2cc(F)cnc2n1C. The first-order chi connectivity index (χ1) is 7.63. The largest absolute Gasteiger partial charge is 0.386 e. The van der Waals surface area contributed by atoms with Crippen LogP contribution in [-0.4, -0.2) is 28.3 Å². The zero-order chi connectivity index (χ0) is 11.7. The van der Waals surface area contributed by atoms with Crippen LogP contribution in [0.1, 0.15) is 11.8 Å². The molecule has 5 heteroatoms.